The number of furan rings is 1. The van der Waals surface area contributed by atoms with Crippen molar-refractivity contribution in [3.63, 3.8) is 0 Å². The van der Waals surface area contributed by atoms with Gasteiger partial charge in [0.05, 0.1) is 11.7 Å². The van der Waals surface area contributed by atoms with Gasteiger partial charge < -0.3 is 4.42 Å². The molecule has 1 atom stereocenters. The first-order valence-corrected chi connectivity index (χ1v) is 9.91. The Labute approximate surface area is 157 Å². The molecule has 7 heteroatoms. The predicted molar refractivity (Wildman–Crippen MR) is 101 cm³/mol. The van der Waals surface area contributed by atoms with Crippen molar-refractivity contribution in [2.45, 2.75) is 17.4 Å². The zero-order valence-electron chi connectivity index (χ0n) is 14.3. The Hall–Kier alpha value is -3.03. The second-order valence-corrected chi connectivity index (χ2v) is 7.79. The van der Waals surface area contributed by atoms with E-state index in [4.69, 9.17) is 4.42 Å². The number of aromatic nitrogens is 2. The predicted octanol–water partition coefficient (Wildman–Crippen LogP) is 3.49. The summed E-state index contributed by atoms with van der Waals surface area (Å²) in [7, 11) is -3.75. The van der Waals surface area contributed by atoms with E-state index in [1.807, 2.05) is 36.4 Å². The van der Waals surface area contributed by atoms with Crippen LogP contribution in [-0.2, 0) is 16.4 Å². The molecule has 0 fully saturated rings. The van der Waals surface area contributed by atoms with Crippen molar-refractivity contribution in [1.82, 2.24) is 14.7 Å². The summed E-state index contributed by atoms with van der Waals surface area (Å²) in [6, 6.07) is 17.5. The maximum Gasteiger partial charge on any atom is 0.242 e. The normalized spacial score (nSPS) is 12.9. The van der Waals surface area contributed by atoms with E-state index in [9.17, 15) is 8.42 Å². The lowest BCUT2D eigenvalue weighted by molar-refractivity contribution is 0.492. The Morgan fingerprint density at radius 3 is 2.59 bits per heavy atom. The van der Waals surface area contributed by atoms with Gasteiger partial charge in [-0.2, -0.15) is 0 Å². The Bertz CT molecular complexity index is 1110. The number of benzene rings is 1. The number of fused-ring (bicyclic) bond motifs is 1. The minimum Gasteiger partial charge on any atom is -0.461 e. The maximum atomic E-state index is 12.8. The van der Waals surface area contributed by atoms with Gasteiger partial charge in [0.1, 0.15) is 16.2 Å². The van der Waals surface area contributed by atoms with Gasteiger partial charge in [0.25, 0.3) is 0 Å². The average Bonchev–Trinajstić information content (AvgIpc) is 3.11. The molecule has 1 N–H and O–H groups in total. The van der Waals surface area contributed by atoms with Crippen LogP contribution in [0.1, 0.15) is 17.5 Å². The zero-order valence-corrected chi connectivity index (χ0v) is 15.1. The van der Waals surface area contributed by atoms with Crippen LogP contribution in [-0.4, -0.2) is 18.4 Å². The van der Waals surface area contributed by atoms with Crippen molar-refractivity contribution in [3.05, 3.63) is 90.7 Å². The third-order valence-electron chi connectivity index (χ3n) is 4.17. The fraction of sp³-hybridized carbons (Fsp3) is 0.100. The molecule has 0 saturated carbocycles. The van der Waals surface area contributed by atoms with Crippen LogP contribution < -0.4 is 4.72 Å². The van der Waals surface area contributed by atoms with Gasteiger partial charge in [-0.25, -0.2) is 13.1 Å². The first-order valence-electron chi connectivity index (χ1n) is 8.42. The molecule has 0 spiro atoms. The minimum absolute atomic E-state index is 0.107. The highest BCUT2D eigenvalue weighted by Gasteiger charge is 2.24. The first kappa shape index (κ1) is 17.4. The molecule has 136 valence electrons. The Balaban J connectivity index is 1.67. The minimum atomic E-state index is -3.75. The SMILES string of the molecule is O=S(=O)(NC(Cc1cc2ccccc2o1)c1ccccn1)c1cccnc1. The van der Waals surface area contributed by atoms with Crippen molar-refractivity contribution in [3.8, 4) is 0 Å². The maximum absolute atomic E-state index is 12.8. The number of hydrogen-bond acceptors (Lipinski definition) is 5. The third-order valence-corrected chi connectivity index (χ3v) is 5.63. The lowest BCUT2D eigenvalue weighted by atomic mass is 10.1. The highest BCUT2D eigenvalue weighted by atomic mass is 32.2. The van der Waals surface area contributed by atoms with E-state index in [1.165, 1.54) is 18.5 Å². The molecule has 4 aromatic rings. The van der Waals surface area contributed by atoms with Crippen LogP contribution in [0, 0.1) is 0 Å². The quantitative estimate of drug-likeness (QED) is 0.554. The lowest BCUT2D eigenvalue weighted by Gasteiger charge is -2.17. The summed E-state index contributed by atoms with van der Waals surface area (Å²) in [5.74, 6) is 0.681. The lowest BCUT2D eigenvalue weighted by Crippen LogP contribution is -2.30. The van der Waals surface area contributed by atoms with Crippen LogP contribution in [0.15, 0.2) is 88.6 Å². The van der Waals surface area contributed by atoms with E-state index in [2.05, 4.69) is 14.7 Å². The van der Waals surface area contributed by atoms with Crippen LogP contribution in [0.5, 0.6) is 0 Å². The van der Waals surface area contributed by atoms with Crippen molar-refractivity contribution in [2.24, 2.45) is 0 Å². The van der Waals surface area contributed by atoms with Gasteiger partial charge >= 0.3 is 0 Å². The molecule has 27 heavy (non-hydrogen) atoms. The van der Waals surface area contributed by atoms with Crippen LogP contribution in [0.2, 0.25) is 0 Å². The molecule has 3 heterocycles. The van der Waals surface area contributed by atoms with Gasteiger partial charge in [-0.1, -0.05) is 24.3 Å². The van der Waals surface area contributed by atoms with Gasteiger partial charge in [-0.05, 0) is 36.4 Å². The van der Waals surface area contributed by atoms with Crippen molar-refractivity contribution in [2.75, 3.05) is 0 Å². The summed E-state index contributed by atoms with van der Waals surface area (Å²) in [6.45, 7) is 0. The summed E-state index contributed by atoms with van der Waals surface area (Å²) >= 11 is 0. The van der Waals surface area contributed by atoms with Gasteiger partial charge in [0.2, 0.25) is 10.0 Å². The summed E-state index contributed by atoms with van der Waals surface area (Å²) in [5, 5.41) is 0.974. The second kappa shape index (κ2) is 7.30. The standard InChI is InChI=1S/C20H17N3O3S/c24-27(25,17-7-5-10-21-14-17)23-19(18-8-3-4-11-22-18)13-16-12-15-6-1-2-9-20(15)26-16/h1-12,14,19,23H,13H2. The topological polar surface area (TPSA) is 85.1 Å². The van der Waals surface area contributed by atoms with E-state index < -0.39 is 16.1 Å². The van der Waals surface area contributed by atoms with Gasteiger partial charge in [0.15, 0.2) is 0 Å². The highest BCUT2D eigenvalue weighted by molar-refractivity contribution is 7.89. The number of nitrogens with zero attached hydrogens (tertiary/aromatic N) is 2. The van der Waals surface area contributed by atoms with Gasteiger partial charge in [-0.15, -0.1) is 0 Å². The van der Waals surface area contributed by atoms with Crippen LogP contribution >= 0.6 is 0 Å². The van der Waals surface area contributed by atoms with Crippen molar-refractivity contribution >= 4 is 21.0 Å². The molecule has 0 saturated heterocycles. The van der Waals surface area contributed by atoms with E-state index in [0.29, 0.717) is 17.9 Å². The smallest absolute Gasteiger partial charge is 0.242 e. The molecule has 4 rings (SSSR count). The molecular formula is C20H17N3O3S. The number of nitrogens with one attached hydrogen (secondary N) is 1. The molecule has 0 radical (unpaired) electrons. The Morgan fingerprint density at radius 1 is 1.00 bits per heavy atom. The fourth-order valence-electron chi connectivity index (χ4n) is 2.89. The van der Waals surface area contributed by atoms with E-state index in [1.54, 1.807) is 24.4 Å². The number of rotatable bonds is 6. The molecule has 3 aromatic heterocycles. The molecule has 0 aliphatic rings. The molecule has 0 aliphatic carbocycles. The monoisotopic (exact) mass is 379 g/mol. The molecule has 1 unspecified atom stereocenters. The summed E-state index contributed by atoms with van der Waals surface area (Å²) in [5.41, 5.74) is 1.38. The summed E-state index contributed by atoms with van der Waals surface area (Å²) in [6.07, 6.45) is 4.83. The Kier molecular flexibility index (Phi) is 4.70. The molecule has 1 aromatic carbocycles. The van der Waals surface area contributed by atoms with Crippen molar-refractivity contribution < 1.29 is 12.8 Å². The second-order valence-electron chi connectivity index (χ2n) is 6.07. The van der Waals surface area contributed by atoms with Gasteiger partial charge in [0, 0.05) is 30.4 Å². The van der Waals surface area contributed by atoms with E-state index in [0.717, 1.165) is 11.0 Å². The highest BCUT2D eigenvalue weighted by Crippen LogP contribution is 2.25. The number of hydrogen-bond donors (Lipinski definition) is 1. The fourth-order valence-corrected chi connectivity index (χ4v) is 4.06. The first-order chi connectivity index (χ1) is 13.1. The third kappa shape index (κ3) is 3.89. The number of pyridine rings is 2. The molecular weight excluding hydrogens is 362 g/mol. The summed E-state index contributed by atoms with van der Waals surface area (Å²) < 4.78 is 34.1. The van der Waals surface area contributed by atoms with Crippen LogP contribution in [0.25, 0.3) is 11.0 Å². The molecule has 0 aliphatic heterocycles. The van der Waals surface area contributed by atoms with E-state index >= 15 is 0 Å². The summed E-state index contributed by atoms with van der Waals surface area (Å²) in [4.78, 5) is 8.32. The van der Waals surface area contributed by atoms with E-state index in [-0.39, 0.29) is 4.90 Å². The van der Waals surface area contributed by atoms with Crippen LogP contribution in [0.3, 0.4) is 0 Å². The molecule has 0 bridgehead atoms. The van der Waals surface area contributed by atoms with Crippen molar-refractivity contribution in [1.29, 1.82) is 0 Å². The van der Waals surface area contributed by atoms with Crippen LogP contribution in [0.4, 0.5) is 0 Å². The Morgan fingerprint density at radius 2 is 1.85 bits per heavy atom. The zero-order chi connectivity index (χ0) is 18.7. The largest absolute Gasteiger partial charge is 0.461 e. The average molecular weight is 379 g/mol. The number of para-hydroxylation sites is 1. The van der Waals surface area contributed by atoms with Gasteiger partial charge in [-0.3, -0.25) is 9.97 Å². The number of sulfonamides is 1. The molecule has 0 amide bonds. The molecule has 6 nitrogen and oxygen atoms in total.